The maximum absolute atomic E-state index is 14.1. The monoisotopic (exact) mass is 336 g/mol. The van der Waals surface area contributed by atoms with Crippen LogP contribution in [0.2, 0.25) is 5.02 Å². The van der Waals surface area contributed by atoms with Crippen LogP contribution in [-0.2, 0) is 6.54 Å². The van der Waals surface area contributed by atoms with Gasteiger partial charge in [0, 0.05) is 6.54 Å². The van der Waals surface area contributed by atoms with Gasteiger partial charge in [-0.05, 0) is 44.2 Å². The normalized spacial score (nSPS) is 15.5. The Hall–Kier alpha value is -1.95. The summed E-state index contributed by atoms with van der Waals surface area (Å²) in [5.74, 6) is -0.129. The summed E-state index contributed by atoms with van der Waals surface area (Å²) in [6.45, 7) is 4.36. The first-order chi connectivity index (χ1) is 11.0. The Kier molecular flexibility index (Phi) is 4.35. The van der Waals surface area contributed by atoms with Crippen LogP contribution in [0.4, 0.5) is 4.39 Å². The number of aromatic nitrogens is 3. The second-order valence-corrected chi connectivity index (χ2v) is 6.15. The molecule has 0 saturated heterocycles. The van der Waals surface area contributed by atoms with Gasteiger partial charge in [0.2, 0.25) is 0 Å². The molecule has 1 fully saturated rings. The Labute approximate surface area is 138 Å². The van der Waals surface area contributed by atoms with Gasteiger partial charge in [0.25, 0.3) is 5.91 Å². The predicted molar refractivity (Wildman–Crippen MR) is 84.8 cm³/mol. The van der Waals surface area contributed by atoms with E-state index in [9.17, 15) is 9.18 Å². The maximum Gasteiger partial charge on any atom is 0.256 e. The Morgan fingerprint density at radius 3 is 2.91 bits per heavy atom. The van der Waals surface area contributed by atoms with E-state index in [4.69, 9.17) is 11.6 Å². The van der Waals surface area contributed by atoms with Gasteiger partial charge in [-0.2, -0.15) is 5.10 Å². The van der Waals surface area contributed by atoms with Crippen molar-refractivity contribution in [3.8, 4) is 0 Å². The molecule has 0 aliphatic heterocycles. The minimum absolute atomic E-state index is 0.111. The quantitative estimate of drug-likeness (QED) is 0.911. The van der Waals surface area contributed by atoms with Crippen LogP contribution in [0.25, 0.3) is 0 Å². The fraction of sp³-hybridized carbons (Fsp3) is 0.438. The van der Waals surface area contributed by atoms with Gasteiger partial charge in [-0.25, -0.2) is 14.1 Å². The van der Waals surface area contributed by atoms with Crippen LogP contribution >= 0.6 is 11.6 Å². The molecule has 5 nitrogen and oxygen atoms in total. The lowest BCUT2D eigenvalue weighted by Crippen LogP contribution is -2.33. The first kappa shape index (κ1) is 15.9. The van der Waals surface area contributed by atoms with Crippen LogP contribution in [0.5, 0.6) is 0 Å². The van der Waals surface area contributed by atoms with Gasteiger partial charge in [-0.3, -0.25) is 4.79 Å². The molecular formula is C16H18ClFN4O. The number of aryl methyl sites for hydroxylation is 2. The van der Waals surface area contributed by atoms with Gasteiger partial charge in [-0.1, -0.05) is 17.7 Å². The van der Waals surface area contributed by atoms with E-state index in [1.54, 1.807) is 17.7 Å². The molecule has 1 N–H and O–H groups in total. The molecular weight excluding hydrogens is 319 g/mol. The number of hydrogen-bond acceptors (Lipinski definition) is 3. The summed E-state index contributed by atoms with van der Waals surface area (Å²) in [6, 6.07) is 2.54. The number of rotatable bonds is 5. The minimum atomic E-state index is -0.621. The highest BCUT2D eigenvalue weighted by Gasteiger charge is 2.37. The van der Waals surface area contributed by atoms with Crippen LogP contribution in [0, 0.1) is 18.7 Å². The Bertz CT molecular complexity index is 742. The number of halogens is 2. The fourth-order valence-electron chi connectivity index (χ4n) is 2.66. The molecule has 23 heavy (non-hydrogen) atoms. The van der Waals surface area contributed by atoms with E-state index in [0.29, 0.717) is 23.9 Å². The zero-order chi connectivity index (χ0) is 16.6. The first-order valence-electron chi connectivity index (χ1n) is 7.66. The topological polar surface area (TPSA) is 59.8 Å². The van der Waals surface area contributed by atoms with Crippen molar-refractivity contribution in [2.45, 2.75) is 39.3 Å². The number of carbonyl (C=O) groups is 1. The molecule has 122 valence electrons. The molecule has 0 unspecified atom stereocenters. The highest BCUT2D eigenvalue weighted by molar-refractivity contribution is 6.34. The van der Waals surface area contributed by atoms with E-state index in [2.05, 4.69) is 15.4 Å². The smallest absolute Gasteiger partial charge is 0.256 e. The van der Waals surface area contributed by atoms with Crippen LogP contribution in [0.3, 0.4) is 0 Å². The fourth-order valence-corrected chi connectivity index (χ4v) is 2.90. The van der Waals surface area contributed by atoms with Crippen molar-refractivity contribution in [3.05, 3.63) is 46.3 Å². The number of amides is 1. The summed E-state index contributed by atoms with van der Waals surface area (Å²) in [5.41, 5.74) is 0.554. The molecule has 0 spiro atoms. The van der Waals surface area contributed by atoms with Crippen molar-refractivity contribution in [2.24, 2.45) is 5.92 Å². The molecule has 1 heterocycles. The van der Waals surface area contributed by atoms with Crippen LogP contribution in [0.15, 0.2) is 18.5 Å². The van der Waals surface area contributed by atoms with Crippen molar-refractivity contribution in [1.29, 1.82) is 0 Å². The molecule has 1 atom stereocenters. The average Bonchev–Trinajstić information content (AvgIpc) is 3.26. The molecule has 0 radical (unpaired) electrons. The summed E-state index contributed by atoms with van der Waals surface area (Å²) in [5, 5.41) is 7.19. The Balaban J connectivity index is 1.90. The molecule has 1 aliphatic carbocycles. The maximum atomic E-state index is 14.1. The molecule has 1 aliphatic rings. The number of nitrogens with one attached hydrogen (secondary N) is 1. The van der Waals surface area contributed by atoms with Crippen molar-refractivity contribution in [2.75, 3.05) is 0 Å². The zero-order valence-corrected chi connectivity index (χ0v) is 13.8. The second kappa shape index (κ2) is 6.28. The van der Waals surface area contributed by atoms with Crippen molar-refractivity contribution < 1.29 is 9.18 Å². The van der Waals surface area contributed by atoms with E-state index in [0.717, 1.165) is 12.8 Å². The molecule has 7 heteroatoms. The summed E-state index contributed by atoms with van der Waals surface area (Å²) in [4.78, 5) is 16.9. The zero-order valence-electron chi connectivity index (χ0n) is 13.0. The third-order valence-electron chi connectivity index (χ3n) is 4.11. The number of benzene rings is 1. The van der Waals surface area contributed by atoms with Gasteiger partial charge >= 0.3 is 0 Å². The molecule has 1 aromatic heterocycles. The molecule has 1 aromatic carbocycles. The molecule has 3 rings (SSSR count). The van der Waals surface area contributed by atoms with E-state index in [-0.39, 0.29) is 16.6 Å². The van der Waals surface area contributed by atoms with Crippen LogP contribution in [-0.4, -0.2) is 20.7 Å². The Morgan fingerprint density at radius 2 is 2.26 bits per heavy atom. The third-order valence-corrected chi connectivity index (χ3v) is 4.60. The lowest BCUT2D eigenvalue weighted by molar-refractivity contribution is 0.0924. The largest absolute Gasteiger partial charge is 0.342 e. The van der Waals surface area contributed by atoms with E-state index < -0.39 is 11.7 Å². The van der Waals surface area contributed by atoms with Crippen LogP contribution in [0.1, 0.15) is 47.6 Å². The average molecular weight is 337 g/mol. The lowest BCUT2D eigenvalue weighted by atomic mass is 10.1. The van der Waals surface area contributed by atoms with E-state index in [1.165, 1.54) is 12.4 Å². The lowest BCUT2D eigenvalue weighted by Gasteiger charge is -2.19. The molecule has 2 aromatic rings. The second-order valence-electron chi connectivity index (χ2n) is 5.78. The standard InChI is InChI=1S/C16H18ClFN4O/c1-3-22-15(19-8-20-22)14(10-5-6-10)21-16(23)12-11(18)7-4-9(2)13(12)17/h4,7-8,10,14H,3,5-6H2,1-2H3,(H,21,23)/t14-/m0/s1. The number of nitrogens with zero attached hydrogens (tertiary/aromatic N) is 3. The van der Waals surface area contributed by atoms with Gasteiger partial charge < -0.3 is 5.32 Å². The van der Waals surface area contributed by atoms with Crippen molar-refractivity contribution in [1.82, 2.24) is 20.1 Å². The summed E-state index contributed by atoms with van der Waals surface area (Å²) in [7, 11) is 0. The van der Waals surface area contributed by atoms with E-state index >= 15 is 0 Å². The van der Waals surface area contributed by atoms with Gasteiger partial charge in [0.05, 0.1) is 16.6 Å². The SMILES string of the molecule is CCn1ncnc1[C@@H](NC(=O)c1c(F)ccc(C)c1Cl)C1CC1. The van der Waals surface area contributed by atoms with E-state index in [1.807, 2.05) is 6.92 Å². The van der Waals surface area contributed by atoms with Crippen molar-refractivity contribution in [3.63, 3.8) is 0 Å². The molecule has 0 bridgehead atoms. The number of hydrogen-bond donors (Lipinski definition) is 1. The molecule has 1 saturated carbocycles. The first-order valence-corrected chi connectivity index (χ1v) is 8.03. The third kappa shape index (κ3) is 3.08. The minimum Gasteiger partial charge on any atom is -0.342 e. The van der Waals surface area contributed by atoms with Crippen LogP contribution < -0.4 is 5.32 Å². The summed E-state index contributed by atoms with van der Waals surface area (Å²) < 4.78 is 15.8. The Morgan fingerprint density at radius 1 is 1.52 bits per heavy atom. The summed E-state index contributed by atoms with van der Waals surface area (Å²) >= 11 is 6.12. The molecule has 1 amide bonds. The number of carbonyl (C=O) groups excluding carboxylic acids is 1. The highest BCUT2D eigenvalue weighted by Crippen LogP contribution is 2.40. The van der Waals surface area contributed by atoms with Gasteiger partial charge in [0.15, 0.2) is 0 Å². The van der Waals surface area contributed by atoms with Gasteiger partial charge in [-0.15, -0.1) is 0 Å². The van der Waals surface area contributed by atoms with Gasteiger partial charge in [0.1, 0.15) is 18.0 Å². The highest BCUT2D eigenvalue weighted by atomic mass is 35.5. The summed E-state index contributed by atoms with van der Waals surface area (Å²) in [6.07, 6.45) is 3.48. The predicted octanol–water partition coefficient (Wildman–Crippen LogP) is 3.28. The van der Waals surface area contributed by atoms with Crippen molar-refractivity contribution >= 4 is 17.5 Å².